The molecular formula is C11H7BrN4. The number of nitrogens with zero attached hydrogens (tertiary/aromatic N) is 3. The molecule has 2 aromatic heterocycles. The third kappa shape index (κ3) is 1.40. The number of halogens is 1. The smallest absolute Gasteiger partial charge is 0.136 e. The molecule has 78 valence electrons. The van der Waals surface area contributed by atoms with Crippen molar-refractivity contribution < 1.29 is 0 Å². The quantitative estimate of drug-likeness (QED) is 0.743. The molecule has 0 amide bonds. The molecule has 0 saturated heterocycles. The number of rotatable bonds is 1. The summed E-state index contributed by atoms with van der Waals surface area (Å²) in [6, 6.07) is 6.05. The fourth-order valence-corrected chi connectivity index (χ4v) is 2.16. The van der Waals surface area contributed by atoms with Gasteiger partial charge in [0.1, 0.15) is 4.60 Å². The zero-order valence-electron chi connectivity index (χ0n) is 8.18. The molecule has 1 aromatic carbocycles. The molecule has 0 fully saturated rings. The van der Waals surface area contributed by atoms with E-state index in [1.807, 2.05) is 24.4 Å². The zero-order chi connectivity index (χ0) is 11.0. The fourth-order valence-electron chi connectivity index (χ4n) is 1.73. The van der Waals surface area contributed by atoms with E-state index in [0.29, 0.717) is 0 Å². The average molecular weight is 275 g/mol. The Hall–Kier alpha value is -1.75. The summed E-state index contributed by atoms with van der Waals surface area (Å²) in [5, 5.41) is 16.8. The van der Waals surface area contributed by atoms with E-state index in [4.69, 9.17) is 0 Å². The van der Waals surface area contributed by atoms with Crippen molar-refractivity contribution in [2.45, 2.75) is 0 Å². The van der Waals surface area contributed by atoms with Crippen LogP contribution in [0.5, 0.6) is 0 Å². The highest BCUT2D eigenvalue weighted by atomic mass is 79.9. The SMILES string of the molecule is Brc1nncc2c(-c3cn[nH]c3)cccc12. The van der Waals surface area contributed by atoms with Crippen LogP contribution in [0.25, 0.3) is 21.9 Å². The molecule has 5 heteroatoms. The van der Waals surface area contributed by atoms with Crippen LogP contribution in [0.15, 0.2) is 41.4 Å². The minimum absolute atomic E-state index is 0.760. The lowest BCUT2D eigenvalue weighted by Gasteiger charge is -2.03. The summed E-state index contributed by atoms with van der Waals surface area (Å²) in [5.74, 6) is 0. The number of nitrogens with one attached hydrogen (secondary N) is 1. The Bertz CT molecular complexity index is 634. The normalized spacial score (nSPS) is 10.8. The molecule has 0 aliphatic rings. The van der Waals surface area contributed by atoms with Crippen LogP contribution in [0.2, 0.25) is 0 Å². The van der Waals surface area contributed by atoms with E-state index < -0.39 is 0 Å². The van der Waals surface area contributed by atoms with Crippen molar-refractivity contribution in [3.63, 3.8) is 0 Å². The minimum atomic E-state index is 0.760. The predicted octanol–water partition coefficient (Wildman–Crippen LogP) is 2.78. The van der Waals surface area contributed by atoms with Gasteiger partial charge in [-0.3, -0.25) is 5.10 Å². The lowest BCUT2D eigenvalue weighted by Crippen LogP contribution is -1.86. The van der Waals surface area contributed by atoms with Gasteiger partial charge in [-0.1, -0.05) is 18.2 Å². The first kappa shape index (κ1) is 9.47. The number of H-pyrrole nitrogens is 1. The molecule has 0 aliphatic heterocycles. The lowest BCUT2D eigenvalue weighted by atomic mass is 10.0. The summed E-state index contributed by atoms with van der Waals surface area (Å²) in [6.45, 7) is 0. The molecule has 0 bridgehead atoms. The molecule has 4 nitrogen and oxygen atoms in total. The molecule has 0 radical (unpaired) electrons. The molecule has 0 aliphatic carbocycles. The molecular weight excluding hydrogens is 268 g/mol. The van der Waals surface area contributed by atoms with Crippen LogP contribution in [-0.4, -0.2) is 20.4 Å². The molecule has 16 heavy (non-hydrogen) atoms. The summed E-state index contributed by atoms with van der Waals surface area (Å²) in [4.78, 5) is 0. The predicted molar refractivity (Wildman–Crippen MR) is 64.8 cm³/mol. The van der Waals surface area contributed by atoms with E-state index in [0.717, 1.165) is 26.5 Å². The highest BCUT2D eigenvalue weighted by Crippen LogP contribution is 2.29. The van der Waals surface area contributed by atoms with Gasteiger partial charge in [0, 0.05) is 22.5 Å². The Morgan fingerprint density at radius 1 is 1.12 bits per heavy atom. The van der Waals surface area contributed by atoms with Crippen molar-refractivity contribution in [2.75, 3.05) is 0 Å². The Balaban J connectivity index is 2.38. The van der Waals surface area contributed by atoms with Gasteiger partial charge in [-0.05, 0) is 21.5 Å². The Morgan fingerprint density at radius 3 is 2.88 bits per heavy atom. The van der Waals surface area contributed by atoms with Gasteiger partial charge in [-0.2, -0.15) is 10.2 Å². The zero-order valence-corrected chi connectivity index (χ0v) is 9.77. The maximum atomic E-state index is 3.97. The average Bonchev–Trinajstić information content (AvgIpc) is 2.82. The van der Waals surface area contributed by atoms with Gasteiger partial charge in [0.2, 0.25) is 0 Å². The van der Waals surface area contributed by atoms with Crippen LogP contribution in [-0.2, 0) is 0 Å². The number of hydrogen-bond acceptors (Lipinski definition) is 3. The van der Waals surface area contributed by atoms with Crippen molar-refractivity contribution in [3.05, 3.63) is 41.4 Å². The summed E-state index contributed by atoms with van der Waals surface area (Å²) in [7, 11) is 0. The fraction of sp³-hybridized carbons (Fsp3) is 0. The van der Waals surface area contributed by atoms with Gasteiger partial charge in [0.05, 0.1) is 12.4 Å². The second kappa shape index (κ2) is 3.68. The monoisotopic (exact) mass is 274 g/mol. The van der Waals surface area contributed by atoms with Crippen molar-refractivity contribution in [2.24, 2.45) is 0 Å². The largest absolute Gasteiger partial charge is 0.285 e. The second-order valence-electron chi connectivity index (χ2n) is 3.39. The topological polar surface area (TPSA) is 54.5 Å². The maximum Gasteiger partial charge on any atom is 0.136 e. The van der Waals surface area contributed by atoms with Crippen molar-refractivity contribution in [1.82, 2.24) is 20.4 Å². The van der Waals surface area contributed by atoms with Crippen LogP contribution in [0, 0.1) is 0 Å². The van der Waals surface area contributed by atoms with Gasteiger partial charge < -0.3 is 0 Å². The van der Waals surface area contributed by atoms with Crippen LogP contribution in [0.4, 0.5) is 0 Å². The molecule has 1 N–H and O–H groups in total. The van der Waals surface area contributed by atoms with Crippen LogP contribution >= 0.6 is 15.9 Å². The highest BCUT2D eigenvalue weighted by molar-refractivity contribution is 9.10. The molecule has 3 aromatic rings. The first-order valence-electron chi connectivity index (χ1n) is 4.75. The van der Waals surface area contributed by atoms with Gasteiger partial charge in [-0.15, -0.1) is 5.10 Å². The standard InChI is InChI=1S/C11H7BrN4/c12-11-9-3-1-2-8(7-4-13-14-5-7)10(9)6-15-16-11/h1-6H,(H,13,14). The number of aromatic nitrogens is 4. The lowest BCUT2D eigenvalue weighted by molar-refractivity contribution is 1.03. The maximum absolute atomic E-state index is 3.97. The molecule has 0 saturated carbocycles. The molecule has 3 rings (SSSR count). The third-order valence-electron chi connectivity index (χ3n) is 2.47. The molecule has 2 heterocycles. The van der Waals surface area contributed by atoms with Gasteiger partial charge in [0.25, 0.3) is 0 Å². The minimum Gasteiger partial charge on any atom is -0.285 e. The summed E-state index contributed by atoms with van der Waals surface area (Å²) < 4.78 is 0.760. The Morgan fingerprint density at radius 2 is 2.06 bits per heavy atom. The van der Waals surface area contributed by atoms with E-state index >= 15 is 0 Å². The van der Waals surface area contributed by atoms with E-state index in [1.54, 1.807) is 12.4 Å². The van der Waals surface area contributed by atoms with Crippen LogP contribution < -0.4 is 0 Å². The third-order valence-corrected chi connectivity index (χ3v) is 3.06. The van der Waals surface area contributed by atoms with Crippen molar-refractivity contribution >= 4 is 26.7 Å². The highest BCUT2D eigenvalue weighted by Gasteiger charge is 2.07. The first-order chi connectivity index (χ1) is 7.86. The van der Waals surface area contributed by atoms with Crippen LogP contribution in [0.1, 0.15) is 0 Å². The van der Waals surface area contributed by atoms with Crippen molar-refractivity contribution in [1.29, 1.82) is 0 Å². The van der Waals surface area contributed by atoms with Crippen LogP contribution in [0.3, 0.4) is 0 Å². The van der Waals surface area contributed by atoms with E-state index in [2.05, 4.69) is 36.3 Å². The Kier molecular flexibility index (Phi) is 2.18. The van der Waals surface area contributed by atoms with Gasteiger partial charge in [-0.25, -0.2) is 0 Å². The summed E-state index contributed by atoms with van der Waals surface area (Å²) >= 11 is 3.40. The number of benzene rings is 1. The van der Waals surface area contributed by atoms with E-state index in [9.17, 15) is 0 Å². The van der Waals surface area contributed by atoms with Crippen molar-refractivity contribution in [3.8, 4) is 11.1 Å². The Labute approximate surface area is 99.8 Å². The first-order valence-corrected chi connectivity index (χ1v) is 5.54. The number of fused-ring (bicyclic) bond motifs is 1. The van der Waals surface area contributed by atoms with E-state index in [1.165, 1.54) is 0 Å². The molecule has 0 unspecified atom stereocenters. The number of hydrogen-bond donors (Lipinski definition) is 1. The number of aromatic amines is 1. The summed E-state index contributed by atoms with van der Waals surface area (Å²) in [5.41, 5.74) is 2.15. The molecule has 0 spiro atoms. The van der Waals surface area contributed by atoms with E-state index in [-0.39, 0.29) is 0 Å². The molecule has 0 atom stereocenters. The summed E-state index contributed by atoms with van der Waals surface area (Å²) in [6.07, 6.45) is 5.43. The van der Waals surface area contributed by atoms with Gasteiger partial charge in [0.15, 0.2) is 0 Å². The second-order valence-corrected chi connectivity index (χ2v) is 4.14. The van der Waals surface area contributed by atoms with Gasteiger partial charge >= 0.3 is 0 Å².